The van der Waals surface area contributed by atoms with E-state index >= 15 is 0 Å². The minimum Gasteiger partial charge on any atom is -0.478 e. The van der Waals surface area contributed by atoms with Crippen LogP contribution in [0.15, 0.2) is 6.20 Å². The fourth-order valence-corrected chi connectivity index (χ4v) is 1.13. The number of anilines is 1. The van der Waals surface area contributed by atoms with Crippen LogP contribution in [0.4, 0.5) is 5.82 Å². The molecule has 0 aliphatic carbocycles. The van der Waals surface area contributed by atoms with Gasteiger partial charge in [0.15, 0.2) is 0 Å². The van der Waals surface area contributed by atoms with Gasteiger partial charge in [-0.25, -0.2) is 9.59 Å². The van der Waals surface area contributed by atoms with Crippen LogP contribution in [-0.4, -0.2) is 33.7 Å². The van der Waals surface area contributed by atoms with Gasteiger partial charge in [0, 0.05) is 12.7 Å². The van der Waals surface area contributed by atoms with Crippen molar-refractivity contribution in [3.8, 4) is 0 Å². The third-order valence-electron chi connectivity index (χ3n) is 1.68. The largest absolute Gasteiger partial charge is 0.478 e. The number of nitrogens with one attached hydrogen (secondary N) is 2. The molecule has 0 amide bonds. The summed E-state index contributed by atoms with van der Waals surface area (Å²) in [4.78, 5) is 24.0. The summed E-state index contributed by atoms with van der Waals surface area (Å²) in [5.74, 6) is -2.31. The highest BCUT2D eigenvalue weighted by atomic mass is 16.4. The summed E-state index contributed by atoms with van der Waals surface area (Å²) in [5.41, 5.74) is -0.479. The summed E-state index contributed by atoms with van der Waals surface area (Å²) < 4.78 is 0. The highest BCUT2D eigenvalue weighted by Crippen LogP contribution is 2.18. The van der Waals surface area contributed by atoms with Crippen LogP contribution in [0.3, 0.4) is 0 Å². The molecule has 0 aliphatic heterocycles. The van der Waals surface area contributed by atoms with Crippen LogP contribution >= 0.6 is 0 Å². The van der Waals surface area contributed by atoms with Crippen molar-refractivity contribution in [2.45, 2.75) is 6.92 Å². The van der Waals surface area contributed by atoms with E-state index in [0.29, 0.717) is 6.54 Å². The van der Waals surface area contributed by atoms with Crippen LogP contribution in [-0.2, 0) is 0 Å². The number of aromatic nitrogens is 1. The topological polar surface area (TPSA) is 102 Å². The van der Waals surface area contributed by atoms with Gasteiger partial charge in [-0.15, -0.1) is 0 Å². The van der Waals surface area contributed by atoms with Crippen LogP contribution in [0.2, 0.25) is 0 Å². The van der Waals surface area contributed by atoms with E-state index in [9.17, 15) is 9.59 Å². The first-order valence-electron chi connectivity index (χ1n) is 3.99. The zero-order valence-corrected chi connectivity index (χ0v) is 7.50. The van der Waals surface area contributed by atoms with Crippen molar-refractivity contribution < 1.29 is 19.8 Å². The molecule has 1 rings (SSSR count). The first kappa shape index (κ1) is 10.1. The van der Waals surface area contributed by atoms with Crippen molar-refractivity contribution >= 4 is 17.8 Å². The maximum absolute atomic E-state index is 10.8. The van der Waals surface area contributed by atoms with Crippen molar-refractivity contribution in [1.82, 2.24) is 4.98 Å². The third kappa shape index (κ3) is 1.68. The zero-order valence-electron chi connectivity index (χ0n) is 7.50. The predicted molar refractivity (Wildman–Crippen MR) is 48.9 cm³/mol. The Morgan fingerprint density at radius 1 is 1.43 bits per heavy atom. The van der Waals surface area contributed by atoms with Crippen LogP contribution in [0.5, 0.6) is 0 Å². The first-order valence-corrected chi connectivity index (χ1v) is 3.99. The van der Waals surface area contributed by atoms with E-state index in [-0.39, 0.29) is 16.9 Å². The van der Waals surface area contributed by atoms with Crippen molar-refractivity contribution in [2.24, 2.45) is 0 Å². The predicted octanol–water partition coefficient (Wildman–Crippen LogP) is 0.843. The van der Waals surface area contributed by atoms with Gasteiger partial charge in [-0.05, 0) is 6.92 Å². The molecule has 0 fully saturated rings. The Morgan fingerprint density at radius 2 is 2.07 bits per heavy atom. The van der Waals surface area contributed by atoms with E-state index in [1.165, 1.54) is 0 Å². The van der Waals surface area contributed by atoms with Crippen LogP contribution < -0.4 is 5.32 Å². The summed E-state index contributed by atoms with van der Waals surface area (Å²) >= 11 is 0. The van der Waals surface area contributed by atoms with E-state index in [1.54, 1.807) is 6.92 Å². The molecule has 76 valence electrons. The lowest BCUT2D eigenvalue weighted by Gasteiger charge is -2.01. The molecular formula is C8H10N2O4. The molecule has 1 heterocycles. The Balaban J connectivity index is 3.20. The number of aromatic carboxylic acids is 2. The van der Waals surface area contributed by atoms with Gasteiger partial charge < -0.3 is 20.5 Å². The van der Waals surface area contributed by atoms with Crippen LogP contribution in [0.1, 0.15) is 27.6 Å². The summed E-state index contributed by atoms with van der Waals surface area (Å²) in [7, 11) is 0. The van der Waals surface area contributed by atoms with Gasteiger partial charge in [0.2, 0.25) is 0 Å². The second kappa shape index (κ2) is 3.82. The van der Waals surface area contributed by atoms with Gasteiger partial charge in [-0.3, -0.25) is 0 Å². The average Bonchev–Trinajstić information content (AvgIpc) is 2.48. The lowest BCUT2D eigenvalue weighted by molar-refractivity contribution is 0.0653. The SMILES string of the molecule is CCNc1[nH]cc(C(=O)O)c1C(=O)O. The van der Waals surface area contributed by atoms with Crippen molar-refractivity contribution in [1.29, 1.82) is 0 Å². The van der Waals surface area contributed by atoms with Gasteiger partial charge in [0.1, 0.15) is 11.4 Å². The van der Waals surface area contributed by atoms with E-state index in [2.05, 4.69) is 10.3 Å². The minimum atomic E-state index is -1.26. The van der Waals surface area contributed by atoms with Crippen molar-refractivity contribution in [2.75, 3.05) is 11.9 Å². The summed E-state index contributed by atoms with van der Waals surface area (Å²) in [6, 6.07) is 0. The molecule has 0 radical (unpaired) electrons. The van der Waals surface area contributed by atoms with Gasteiger partial charge in [0.05, 0.1) is 5.56 Å². The monoisotopic (exact) mass is 198 g/mol. The molecule has 0 aliphatic rings. The van der Waals surface area contributed by atoms with Gasteiger partial charge in [0.25, 0.3) is 0 Å². The highest BCUT2D eigenvalue weighted by molar-refractivity contribution is 6.05. The Hall–Kier alpha value is -1.98. The Morgan fingerprint density at radius 3 is 2.50 bits per heavy atom. The number of carboxylic acids is 2. The Kier molecular flexibility index (Phi) is 2.76. The average molecular weight is 198 g/mol. The second-order valence-corrected chi connectivity index (χ2v) is 2.59. The molecule has 0 spiro atoms. The molecule has 0 bridgehead atoms. The number of H-pyrrole nitrogens is 1. The molecule has 0 saturated heterocycles. The highest BCUT2D eigenvalue weighted by Gasteiger charge is 2.21. The molecule has 6 heteroatoms. The molecule has 0 atom stereocenters. The van der Waals surface area contributed by atoms with Crippen LogP contribution in [0, 0.1) is 0 Å². The van der Waals surface area contributed by atoms with Crippen molar-refractivity contribution in [3.05, 3.63) is 17.3 Å². The first-order chi connectivity index (χ1) is 6.57. The molecule has 1 aromatic rings. The fraction of sp³-hybridized carbons (Fsp3) is 0.250. The maximum Gasteiger partial charge on any atom is 0.340 e. The normalized spacial score (nSPS) is 9.79. The Labute approximate surface area is 79.6 Å². The van der Waals surface area contributed by atoms with E-state index in [0.717, 1.165) is 6.20 Å². The molecule has 0 saturated carbocycles. The standard InChI is InChI=1S/C8H10N2O4/c1-2-9-6-5(8(13)14)4(3-10-6)7(11)12/h3,9-10H,2H2,1H3,(H,11,12)(H,13,14). The molecule has 0 aromatic carbocycles. The lowest BCUT2D eigenvalue weighted by Crippen LogP contribution is -2.08. The number of rotatable bonds is 4. The summed E-state index contributed by atoms with van der Waals surface area (Å²) in [5, 5.41) is 20.2. The zero-order chi connectivity index (χ0) is 10.7. The minimum absolute atomic E-state index is 0.220. The molecule has 1 aromatic heterocycles. The molecule has 0 unspecified atom stereocenters. The Bertz CT molecular complexity index is 369. The fourth-order valence-electron chi connectivity index (χ4n) is 1.13. The summed E-state index contributed by atoms with van der Waals surface area (Å²) in [6.45, 7) is 2.30. The molecule has 6 nitrogen and oxygen atoms in total. The van der Waals surface area contributed by atoms with Gasteiger partial charge >= 0.3 is 11.9 Å². The number of hydrogen-bond donors (Lipinski definition) is 4. The van der Waals surface area contributed by atoms with Gasteiger partial charge in [-0.2, -0.15) is 0 Å². The number of aromatic amines is 1. The smallest absolute Gasteiger partial charge is 0.340 e. The van der Waals surface area contributed by atoms with Gasteiger partial charge in [-0.1, -0.05) is 0 Å². The molecule has 4 N–H and O–H groups in total. The molecule has 14 heavy (non-hydrogen) atoms. The van der Waals surface area contributed by atoms with Crippen molar-refractivity contribution in [3.63, 3.8) is 0 Å². The van der Waals surface area contributed by atoms with E-state index in [1.807, 2.05) is 0 Å². The second-order valence-electron chi connectivity index (χ2n) is 2.59. The van der Waals surface area contributed by atoms with E-state index < -0.39 is 11.9 Å². The van der Waals surface area contributed by atoms with E-state index in [4.69, 9.17) is 10.2 Å². The molecular weight excluding hydrogens is 188 g/mol. The number of carboxylic acid groups (broad SMARTS) is 2. The number of carbonyl (C=O) groups is 2. The third-order valence-corrected chi connectivity index (χ3v) is 1.68. The number of hydrogen-bond acceptors (Lipinski definition) is 3. The van der Waals surface area contributed by atoms with Crippen LogP contribution in [0.25, 0.3) is 0 Å². The lowest BCUT2D eigenvalue weighted by atomic mass is 10.2. The summed E-state index contributed by atoms with van der Waals surface area (Å²) in [6.07, 6.45) is 1.16. The quantitative estimate of drug-likeness (QED) is 0.574. The maximum atomic E-state index is 10.8.